The summed E-state index contributed by atoms with van der Waals surface area (Å²) in [6, 6.07) is 20.5. The lowest BCUT2D eigenvalue weighted by Gasteiger charge is -2.08. The molecule has 0 aliphatic heterocycles. The maximum absolute atomic E-state index is 5.05. The molecule has 0 bridgehead atoms. The van der Waals surface area contributed by atoms with Crippen LogP contribution in [0.4, 0.5) is 0 Å². The minimum absolute atomic E-state index is 0.708. The van der Waals surface area contributed by atoms with Crippen LogP contribution in [0.15, 0.2) is 60.7 Å². The van der Waals surface area contributed by atoms with E-state index in [1.807, 2.05) is 41.0 Å². The van der Waals surface area contributed by atoms with Gasteiger partial charge in [-0.2, -0.15) is 0 Å². The molecule has 0 unspecified atom stereocenters. The van der Waals surface area contributed by atoms with E-state index in [1.54, 1.807) is 5.37 Å². The highest BCUT2D eigenvalue weighted by Gasteiger charge is 2.11. The molecule has 3 nitrogen and oxygen atoms in total. The molecule has 3 aromatic rings. The number of thiocarbonyl (C=S) groups is 1. The van der Waals surface area contributed by atoms with Crippen molar-refractivity contribution in [3.63, 3.8) is 0 Å². The van der Waals surface area contributed by atoms with E-state index in [0.717, 1.165) is 24.4 Å². The van der Waals surface area contributed by atoms with Crippen LogP contribution in [-0.2, 0) is 12.8 Å². The Morgan fingerprint density at radius 2 is 1.52 bits per heavy atom. The minimum Gasteiger partial charge on any atom is -0.279 e. The summed E-state index contributed by atoms with van der Waals surface area (Å²) in [6.45, 7) is 0. The molecule has 0 aliphatic rings. The highest BCUT2D eigenvalue weighted by molar-refractivity contribution is 7.79. The number of hydrogen-bond acceptors (Lipinski definition) is 3. The largest absolute Gasteiger partial charge is 0.279 e. The lowest BCUT2D eigenvalue weighted by atomic mass is 10.1. The van der Waals surface area contributed by atoms with E-state index in [2.05, 4.69) is 34.5 Å². The number of benzene rings is 2. The van der Waals surface area contributed by atoms with Crippen molar-refractivity contribution in [3.05, 3.63) is 77.9 Å². The Hall–Kier alpha value is -2.33. The van der Waals surface area contributed by atoms with E-state index in [4.69, 9.17) is 12.2 Å². The molecule has 0 saturated carbocycles. The average molecular weight is 293 g/mol. The van der Waals surface area contributed by atoms with E-state index in [9.17, 15) is 0 Å². The summed E-state index contributed by atoms with van der Waals surface area (Å²) in [6.07, 6.45) is 1.76. The van der Waals surface area contributed by atoms with Crippen LogP contribution in [0, 0.1) is 0 Å². The third-order valence-electron chi connectivity index (χ3n) is 3.36. The number of hydrogen-bond donors (Lipinski definition) is 0. The normalized spacial score (nSPS) is 10.5. The van der Waals surface area contributed by atoms with Gasteiger partial charge in [0, 0.05) is 17.5 Å². The molecule has 104 valence electrons. The maximum Gasteiger partial charge on any atom is 0.172 e. The van der Waals surface area contributed by atoms with Crippen molar-refractivity contribution in [3.8, 4) is 5.69 Å². The zero-order chi connectivity index (χ0) is 14.5. The van der Waals surface area contributed by atoms with E-state index in [1.165, 1.54) is 5.56 Å². The SMILES string of the molecule is S=Cc1nnc(CCc2ccccc2)n1-c1ccccc1. The summed E-state index contributed by atoms with van der Waals surface area (Å²) in [5.74, 6) is 1.64. The third kappa shape index (κ3) is 3.06. The summed E-state index contributed by atoms with van der Waals surface area (Å²) in [5.41, 5.74) is 2.34. The molecule has 0 saturated heterocycles. The van der Waals surface area contributed by atoms with Gasteiger partial charge in [0.25, 0.3) is 0 Å². The Morgan fingerprint density at radius 3 is 2.19 bits per heavy atom. The van der Waals surface area contributed by atoms with Gasteiger partial charge in [0.2, 0.25) is 0 Å². The molecule has 0 aliphatic carbocycles. The summed E-state index contributed by atoms with van der Waals surface area (Å²) >= 11 is 5.05. The van der Waals surface area contributed by atoms with E-state index >= 15 is 0 Å². The summed E-state index contributed by atoms with van der Waals surface area (Å²) in [7, 11) is 0. The quantitative estimate of drug-likeness (QED) is 0.676. The molecule has 2 aromatic carbocycles. The Balaban J connectivity index is 1.89. The monoisotopic (exact) mass is 293 g/mol. The summed E-state index contributed by atoms with van der Waals surface area (Å²) < 4.78 is 2.02. The Kier molecular flexibility index (Phi) is 4.17. The number of nitrogens with zero attached hydrogens (tertiary/aromatic N) is 3. The first-order valence-corrected chi connectivity index (χ1v) is 7.34. The van der Waals surface area contributed by atoms with Crippen molar-refractivity contribution in [2.75, 3.05) is 0 Å². The third-order valence-corrected chi connectivity index (χ3v) is 3.57. The fraction of sp³-hybridized carbons (Fsp3) is 0.118. The molecule has 0 amide bonds. The zero-order valence-electron chi connectivity index (χ0n) is 11.5. The lowest BCUT2D eigenvalue weighted by Crippen LogP contribution is -2.06. The smallest absolute Gasteiger partial charge is 0.172 e. The molecule has 1 aromatic heterocycles. The Morgan fingerprint density at radius 1 is 0.857 bits per heavy atom. The first-order chi connectivity index (χ1) is 10.4. The Bertz CT molecular complexity index is 720. The van der Waals surface area contributed by atoms with E-state index in [-0.39, 0.29) is 0 Å². The van der Waals surface area contributed by atoms with Gasteiger partial charge in [0.05, 0.1) is 0 Å². The molecular weight excluding hydrogens is 278 g/mol. The van der Waals surface area contributed by atoms with Gasteiger partial charge in [-0.3, -0.25) is 4.57 Å². The predicted molar refractivity (Wildman–Crippen MR) is 88.0 cm³/mol. The van der Waals surface area contributed by atoms with Crippen molar-refractivity contribution >= 4 is 17.6 Å². The van der Waals surface area contributed by atoms with Crippen LogP contribution in [0.2, 0.25) is 0 Å². The molecular formula is C17H15N3S. The topological polar surface area (TPSA) is 30.7 Å². The van der Waals surface area contributed by atoms with Crippen LogP contribution < -0.4 is 0 Å². The number of para-hydroxylation sites is 1. The molecule has 0 spiro atoms. The van der Waals surface area contributed by atoms with Crippen LogP contribution in [0.1, 0.15) is 17.2 Å². The van der Waals surface area contributed by atoms with Crippen LogP contribution in [0.5, 0.6) is 0 Å². The maximum atomic E-state index is 5.05. The number of rotatable bonds is 5. The van der Waals surface area contributed by atoms with Gasteiger partial charge >= 0.3 is 0 Å². The van der Waals surface area contributed by atoms with Gasteiger partial charge in [0.15, 0.2) is 5.82 Å². The molecule has 0 radical (unpaired) electrons. The standard InChI is InChI=1S/C17H15N3S/c21-13-17-19-18-16(12-11-14-7-3-1-4-8-14)20(17)15-9-5-2-6-10-15/h1-10,13H,11-12H2. The van der Waals surface area contributed by atoms with E-state index < -0.39 is 0 Å². The molecule has 3 rings (SSSR count). The molecule has 4 heteroatoms. The lowest BCUT2D eigenvalue weighted by molar-refractivity contribution is 0.821. The Labute approximate surface area is 129 Å². The number of aryl methyl sites for hydroxylation is 2. The van der Waals surface area contributed by atoms with Crippen LogP contribution in [0.25, 0.3) is 5.69 Å². The van der Waals surface area contributed by atoms with E-state index in [0.29, 0.717) is 5.82 Å². The van der Waals surface area contributed by atoms with Gasteiger partial charge in [-0.15, -0.1) is 10.2 Å². The predicted octanol–water partition coefficient (Wildman–Crippen LogP) is 3.40. The molecule has 0 atom stereocenters. The van der Waals surface area contributed by atoms with Gasteiger partial charge < -0.3 is 0 Å². The average Bonchev–Trinajstić information content (AvgIpc) is 2.97. The van der Waals surface area contributed by atoms with Crippen molar-refractivity contribution in [1.82, 2.24) is 14.8 Å². The minimum atomic E-state index is 0.708. The van der Waals surface area contributed by atoms with Crippen molar-refractivity contribution in [1.29, 1.82) is 0 Å². The van der Waals surface area contributed by atoms with Crippen molar-refractivity contribution < 1.29 is 0 Å². The second-order valence-corrected chi connectivity index (χ2v) is 4.98. The number of aromatic nitrogens is 3. The zero-order valence-corrected chi connectivity index (χ0v) is 12.3. The van der Waals surface area contributed by atoms with Crippen LogP contribution in [-0.4, -0.2) is 20.1 Å². The van der Waals surface area contributed by atoms with Crippen LogP contribution in [0.3, 0.4) is 0 Å². The van der Waals surface area contributed by atoms with Gasteiger partial charge in [0.1, 0.15) is 5.82 Å². The molecule has 1 heterocycles. The highest BCUT2D eigenvalue weighted by atomic mass is 32.1. The van der Waals surface area contributed by atoms with Crippen LogP contribution >= 0.6 is 12.2 Å². The highest BCUT2D eigenvalue weighted by Crippen LogP contribution is 2.14. The fourth-order valence-corrected chi connectivity index (χ4v) is 2.48. The first kappa shape index (κ1) is 13.6. The molecule has 0 fully saturated rings. The van der Waals surface area contributed by atoms with Gasteiger partial charge in [-0.25, -0.2) is 0 Å². The van der Waals surface area contributed by atoms with Gasteiger partial charge in [-0.05, 0) is 24.1 Å². The second-order valence-electron chi connectivity index (χ2n) is 4.75. The first-order valence-electron chi connectivity index (χ1n) is 6.87. The van der Waals surface area contributed by atoms with Gasteiger partial charge in [-0.1, -0.05) is 60.7 Å². The van der Waals surface area contributed by atoms with Crippen molar-refractivity contribution in [2.45, 2.75) is 12.8 Å². The summed E-state index contributed by atoms with van der Waals surface area (Å²) in [4.78, 5) is 0. The summed E-state index contributed by atoms with van der Waals surface area (Å²) in [5, 5.41) is 10.0. The molecule has 21 heavy (non-hydrogen) atoms. The van der Waals surface area contributed by atoms with Crippen molar-refractivity contribution in [2.24, 2.45) is 0 Å². The second kappa shape index (κ2) is 6.41. The molecule has 0 N–H and O–H groups in total. The fourth-order valence-electron chi connectivity index (χ4n) is 2.33.